The first kappa shape index (κ1) is 28.2. The first-order valence-corrected chi connectivity index (χ1v) is 13.0. The molecule has 216 valence electrons. The first-order chi connectivity index (χ1) is 19.3. The molecule has 4 heterocycles. The summed E-state index contributed by atoms with van der Waals surface area (Å²) in [7, 11) is 1.80. The van der Waals surface area contributed by atoms with Crippen LogP contribution in [0.4, 0.5) is 24.8 Å². The lowest BCUT2D eigenvalue weighted by atomic mass is 9.96. The maximum Gasteiger partial charge on any atom is 0.401 e. The highest BCUT2D eigenvalue weighted by molar-refractivity contribution is 5.89. The average Bonchev–Trinajstić information content (AvgIpc) is 3.52. The molecule has 0 unspecified atom stereocenters. The molecule has 0 saturated carbocycles. The number of halogens is 3. The SMILES string of the molecule is Cn1cc(Nc2nccc(-c3ccc4c(c3)CCN(CC(F)(F)F)C[C@@H]4NC(=O)c3nnc(C(C)(C)C)o3)n2)cn1. The van der Waals surface area contributed by atoms with Crippen LogP contribution < -0.4 is 10.6 Å². The van der Waals surface area contributed by atoms with Gasteiger partial charge in [0.05, 0.1) is 30.2 Å². The summed E-state index contributed by atoms with van der Waals surface area (Å²) < 4.78 is 47.3. The van der Waals surface area contributed by atoms with Gasteiger partial charge in [0.25, 0.3) is 0 Å². The molecule has 14 heteroatoms. The summed E-state index contributed by atoms with van der Waals surface area (Å²) in [5.74, 6) is -0.228. The van der Waals surface area contributed by atoms with Gasteiger partial charge in [0.2, 0.25) is 11.8 Å². The molecule has 0 saturated heterocycles. The third-order valence-electron chi connectivity index (χ3n) is 6.54. The van der Waals surface area contributed by atoms with Crippen LogP contribution in [0.3, 0.4) is 0 Å². The molecule has 0 radical (unpaired) electrons. The lowest BCUT2D eigenvalue weighted by molar-refractivity contribution is -0.146. The Hall–Kier alpha value is -4.33. The molecule has 0 spiro atoms. The molecular formula is C27H30F3N9O2. The Morgan fingerprint density at radius 3 is 2.66 bits per heavy atom. The molecule has 1 amide bonds. The molecule has 0 bridgehead atoms. The fraction of sp³-hybridized carbons (Fsp3) is 0.407. The number of hydrogen-bond donors (Lipinski definition) is 2. The Morgan fingerprint density at radius 2 is 1.98 bits per heavy atom. The first-order valence-electron chi connectivity index (χ1n) is 13.0. The number of amides is 1. The van der Waals surface area contributed by atoms with Crippen LogP contribution in [0.25, 0.3) is 11.3 Å². The van der Waals surface area contributed by atoms with Crippen LogP contribution in [-0.2, 0) is 18.9 Å². The van der Waals surface area contributed by atoms with E-state index in [1.807, 2.05) is 39.0 Å². The third kappa shape index (κ3) is 6.88. The van der Waals surface area contributed by atoms with Gasteiger partial charge in [0, 0.05) is 43.5 Å². The van der Waals surface area contributed by atoms with E-state index >= 15 is 0 Å². The number of anilines is 2. The summed E-state index contributed by atoms with van der Waals surface area (Å²) in [4.78, 5) is 23.2. The van der Waals surface area contributed by atoms with E-state index in [1.54, 1.807) is 36.4 Å². The minimum Gasteiger partial charge on any atom is -0.416 e. The minimum atomic E-state index is -4.39. The van der Waals surface area contributed by atoms with Crippen molar-refractivity contribution in [3.05, 3.63) is 65.8 Å². The molecule has 1 aliphatic rings. The fourth-order valence-electron chi connectivity index (χ4n) is 4.60. The van der Waals surface area contributed by atoms with Crippen molar-refractivity contribution in [2.45, 2.75) is 44.8 Å². The molecular weight excluding hydrogens is 539 g/mol. The molecule has 41 heavy (non-hydrogen) atoms. The number of alkyl halides is 3. The zero-order chi connectivity index (χ0) is 29.4. The highest BCUT2D eigenvalue weighted by atomic mass is 19.4. The van der Waals surface area contributed by atoms with Gasteiger partial charge in [-0.1, -0.05) is 32.9 Å². The van der Waals surface area contributed by atoms with Crippen molar-refractivity contribution in [3.63, 3.8) is 0 Å². The highest BCUT2D eigenvalue weighted by Crippen LogP contribution is 2.31. The van der Waals surface area contributed by atoms with E-state index < -0.39 is 30.1 Å². The normalized spacial score (nSPS) is 16.2. The molecule has 4 aromatic rings. The molecule has 0 aliphatic carbocycles. The van der Waals surface area contributed by atoms with Gasteiger partial charge >= 0.3 is 18.0 Å². The number of nitrogens with zero attached hydrogens (tertiary/aromatic N) is 7. The molecule has 1 atom stereocenters. The van der Waals surface area contributed by atoms with Crippen molar-refractivity contribution >= 4 is 17.5 Å². The van der Waals surface area contributed by atoms with Gasteiger partial charge in [-0.25, -0.2) is 9.97 Å². The smallest absolute Gasteiger partial charge is 0.401 e. The van der Waals surface area contributed by atoms with Crippen LogP contribution in [0.1, 0.15) is 54.5 Å². The maximum absolute atomic E-state index is 13.4. The Bertz CT molecular complexity index is 1540. The second-order valence-corrected chi connectivity index (χ2v) is 11.0. The molecule has 3 aromatic heterocycles. The number of fused-ring (bicyclic) bond motifs is 1. The van der Waals surface area contributed by atoms with Crippen LogP contribution in [0, 0.1) is 0 Å². The van der Waals surface area contributed by atoms with Crippen molar-refractivity contribution in [1.29, 1.82) is 0 Å². The van der Waals surface area contributed by atoms with E-state index in [4.69, 9.17) is 4.42 Å². The summed E-state index contributed by atoms with van der Waals surface area (Å²) in [6.45, 7) is 4.63. The standard InChI is InChI=1S/C27H30F3N9O2/c1-26(2,3)24-37-36-23(41-24)22(40)34-21-14-39(15-27(28,29)30)10-8-16-11-17(5-6-19(16)21)20-7-9-31-25(35-20)33-18-12-32-38(4)13-18/h5-7,9,11-13,21H,8,10,14-15H2,1-4H3,(H,34,40)(H,31,33,35)/t21-/m0/s1. The summed E-state index contributed by atoms with van der Waals surface area (Å²) in [5, 5.41) is 17.8. The highest BCUT2D eigenvalue weighted by Gasteiger charge is 2.35. The summed E-state index contributed by atoms with van der Waals surface area (Å²) in [6.07, 6.45) is 1.03. The van der Waals surface area contributed by atoms with E-state index in [9.17, 15) is 18.0 Å². The number of aryl methyl sites for hydroxylation is 1. The zero-order valence-corrected chi connectivity index (χ0v) is 23.0. The predicted octanol–water partition coefficient (Wildman–Crippen LogP) is 4.19. The maximum atomic E-state index is 13.4. The molecule has 11 nitrogen and oxygen atoms in total. The number of carbonyl (C=O) groups is 1. The molecule has 2 N–H and O–H groups in total. The van der Waals surface area contributed by atoms with Gasteiger partial charge in [-0.15, -0.1) is 10.2 Å². The zero-order valence-electron chi connectivity index (χ0n) is 23.0. The van der Waals surface area contributed by atoms with E-state index in [-0.39, 0.29) is 24.9 Å². The summed E-state index contributed by atoms with van der Waals surface area (Å²) in [6, 6.07) is 6.56. The van der Waals surface area contributed by atoms with E-state index in [0.29, 0.717) is 23.6 Å². The monoisotopic (exact) mass is 569 g/mol. The fourth-order valence-corrected chi connectivity index (χ4v) is 4.60. The Morgan fingerprint density at radius 1 is 1.17 bits per heavy atom. The number of nitrogens with one attached hydrogen (secondary N) is 2. The Balaban J connectivity index is 1.42. The van der Waals surface area contributed by atoms with Crippen molar-refractivity contribution < 1.29 is 22.4 Å². The van der Waals surface area contributed by atoms with E-state index in [2.05, 4.69) is 35.9 Å². The van der Waals surface area contributed by atoms with Gasteiger partial charge in [0.1, 0.15) is 0 Å². The van der Waals surface area contributed by atoms with Crippen LogP contribution >= 0.6 is 0 Å². The Kier molecular flexibility index (Phi) is 7.51. The number of hydrogen-bond acceptors (Lipinski definition) is 9. The van der Waals surface area contributed by atoms with Crippen LogP contribution in [-0.4, -0.2) is 66.6 Å². The number of carbonyl (C=O) groups excluding carboxylic acids is 1. The van der Waals surface area contributed by atoms with E-state index in [0.717, 1.165) is 16.8 Å². The molecule has 5 rings (SSSR count). The summed E-state index contributed by atoms with van der Waals surface area (Å²) >= 11 is 0. The van der Waals surface area contributed by atoms with E-state index in [1.165, 1.54) is 4.90 Å². The minimum absolute atomic E-state index is 0.0372. The molecule has 0 fully saturated rings. The lowest BCUT2D eigenvalue weighted by Gasteiger charge is -2.26. The predicted molar refractivity (Wildman–Crippen MR) is 143 cm³/mol. The quantitative estimate of drug-likeness (QED) is 0.351. The van der Waals surface area contributed by atoms with Crippen molar-refractivity contribution in [3.8, 4) is 11.3 Å². The Labute approximate surface area is 234 Å². The van der Waals surface area contributed by atoms with Crippen molar-refractivity contribution in [2.75, 3.05) is 25.0 Å². The van der Waals surface area contributed by atoms with Crippen molar-refractivity contribution in [2.24, 2.45) is 7.05 Å². The number of aromatic nitrogens is 6. The van der Waals surface area contributed by atoms with Gasteiger partial charge in [-0.3, -0.25) is 14.4 Å². The number of benzene rings is 1. The van der Waals surface area contributed by atoms with Crippen LogP contribution in [0.2, 0.25) is 0 Å². The summed E-state index contributed by atoms with van der Waals surface area (Å²) in [5.41, 5.74) is 3.18. The number of rotatable bonds is 6. The van der Waals surface area contributed by atoms with Crippen LogP contribution in [0.5, 0.6) is 0 Å². The lowest BCUT2D eigenvalue weighted by Crippen LogP contribution is -2.41. The van der Waals surface area contributed by atoms with Crippen LogP contribution in [0.15, 0.2) is 47.3 Å². The van der Waals surface area contributed by atoms with Gasteiger partial charge in [0.15, 0.2) is 0 Å². The van der Waals surface area contributed by atoms with Gasteiger partial charge in [-0.05, 0) is 29.7 Å². The second-order valence-electron chi connectivity index (χ2n) is 11.0. The molecule has 1 aromatic carbocycles. The van der Waals surface area contributed by atoms with Crippen molar-refractivity contribution in [1.82, 2.24) is 40.2 Å². The molecule has 1 aliphatic heterocycles. The second kappa shape index (κ2) is 10.9. The average molecular weight is 570 g/mol. The van der Waals surface area contributed by atoms with Gasteiger partial charge in [-0.2, -0.15) is 18.3 Å². The topological polar surface area (TPSA) is 127 Å². The largest absolute Gasteiger partial charge is 0.416 e. The third-order valence-corrected chi connectivity index (χ3v) is 6.54. The van der Waals surface area contributed by atoms with Gasteiger partial charge < -0.3 is 15.1 Å².